The lowest BCUT2D eigenvalue weighted by atomic mass is 9.96. The van der Waals surface area contributed by atoms with Crippen LogP contribution < -0.4 is 5.32 Å². The van der Waals surface area contributed by atoms with Crippen LogP contribution in [0, 0.1) is 13.8 Å². The maximum atomic E-state index is 12.1. The van der Waals surface area contributed by atoms with E-state index in [9.17, 15) is 4.79 Å². The molecule has 0 bridgehead atoms. The van der Waals surface area contributed by atoms with Crippen molar-refractivity contribution in [3.8, 4) is 0 Å². The molecule has 112 valence electrons. The molecule has 0 spiro atoms. The predicted molar refractivity (Wildman–Crippen MR) is 81.6 cm³/mol. The summed E-state index contributed by atoms with van der Waals surface area (Å²) in [5.41, 5.74) is 5.93. The van der Waals surface area contributed by atoms with Crippen molar-refractivity contribution in [1.82, 2.24) is 24.9 Å². The fraction of sp³-hybridized carbons (Fsp3) is 0.312. The maximum absolute atomic E-state index is 12.1. The molecule has 0 aliphatic carbocycles. The van der Waals surface area contributed by atoms with Gasteiger partial charge in [0.25, 0.3) is 0 Å². The molecule has 0 radical (unpaired) electrons. The van der Waals surface area contributed by atoms with Gasteiger partial charge in [-0.05, 0) is 31.5 Å². The Bertz CT molecular complexity index is 876. The molecule has 3 aromatic rings. The van der Waals surface area contributed by atoms with Crippen molar-refractivity contribution in [2.24, 2.45) is 0 Å². The molecule has 1 aliphatic heterocycles. The summed E-state index contributed by atoms with van der Waals surface area (Å²) in [5.74, 6) is -0.0516. The molecular weight excluding hydrogens is 278 g/mol. The summed E-state index contributed by atoms with van der Waals surface area (Å²) in [4.78, 5) is 16.8. The maximum Gasteiger partial charge on any atom is 0.221 e. The molecule has 0 aromatic carbocycles. The lowest BCUT2D eigenvalue weighted by Gasteiger charge is -2.12. The van der Waals surface area contributed by atoms with Crippen molar-refractivity contribution in [2.75, 3.05) is 0 Å². The average Bonchev–Trinajstić information content (AvgIpc) is 3.03. The highest BCUT2D eigenvalue weighted by Gasteiger charge is 2.30. The van der Waals surface area contributed by atoms with Gasteiger partial charge in [0, 0.05) is 18.3 Å². The number of aromatic amines is 1. The zero-order chi connectivity index (χ0) is 15.3. The van der Waals surface area contributed by atoms with Gasteiger partial charge in [-0.15, -0.1) is 0 Å². The van der Waals surface area contributed by atoms with Crippen LogP contribution in [0.3, 0.4) is 0 Å². The molecular formula is C16H17N5O. The van der Waals surface area contributed by atoms with Crippen LogP contribution in [0.5, 0.6) is 0 Å². The van der Waals surface area contributed by atoms with Crippen LogP contribution in [0.2, 0.25) is 0 Å². The normalized spacial score (nSPS) is 18.1. The van der Waals surface area contributed by atoms with Gasteiger partial charge >= 0.3 is 0 Å². The number of rotatable bonds is 1. The van der Waals surface area contributed by atoms with Gasteiger partial charge < -0.3 is 9.72 Å². The van der Waals surface area contributed by atoms with Crippen molar-refractivity contribution < 1.29 is 4.79 Å². The summed E-state index contributed by atoms with van der Waals surface area (Å²) in [6, 6.07) is 6.06. The zero-order valence-electron chi connectivity index (χ0n) is 12.6. The molecule has 22 heavy (non-hydrogen) atoms. The van der Waals surface area contributed by atoms with Gasteiger partial charge in [0.1, 0.15) is 5.65 Å². The Hall–Kier alpha value is -2.63. The second kappa shape index (κ2) is 4.69. The first-order chi connectivity index (χ1) is 10.6. The van der Waals surface area contributed by atoms with Gasteiger partial charge in [0.05, 0.1) is 29.5 Å². The topological polar surface area (TPSA) is 75.1 Å². The summed E-state index contributed by atoms with van der Waals surface area (Å²) in [7, 11) is 0. The van der Waals surface area contributed by atoms with E-state index in [2.05, 4.69) is 19.9 Å². The van der Waals surface area contributed by atoms with Crippen LogP contribution in [0.25, 0.3) is 5.65 Å². The largest absolute Gasteiger partial charge is 0.350 e. The number of aromatic nitrogens is 4. The van der Waals surface area contributed by atoms with Crippen molar-refractivity contribution >= 4 is 11.6 Å². The molecule has 4 rings (SSSR count). The van der Waals surface area contributed by atoms with E-state index in [0.29, 0.717) is 13.0 Å². The fourth-order valence-corrected chi connectivity index (χ4v) is 3.17. The number of imidazole rings is 1. The molecule has 4 heterocycles. The number of hydrogen-bond donors (Lipinski definition) is 2. The molecule has 0 saturated heterocycles. The Balaban J connectivity index is 1.98. The fourth-order valence-electron chi connectivity index (χ4n) is 3.17. The van der Waals surface area contributed by atoms with Crippen LogP contribution >= 0.6 is 0 Å². The van der Waals surface area contributed by atoms with E-state index >= 15 is 0 Å². The van der Waals surface area contributed by atoms with E-state index in [1.807, 2.05) is 38.2 Å². The quantitative estimate of drug-likeness (QED) is 0.719. The second-order valence-electron chi connectivity index (χ2n) is 5.84. The van der Waals surface area contributed by atoms with E-state index in [0.717, 1.165) is 34.0 Å². The molecule has 3 aromatic heterocycles. The minimum Gasteiger partial charge on any atom is -0.350 e. The highest BCUT2D eigenvalue weighted by atomic mass is 16.1. The van der Waals surface area contributed by atoms with Gasteiger partial charge in [0.2, 0.25) is 5.91 Å². The first kappa shape index (κ1) is 13.1. The van der Waals surface area contributed by atoms with Crippen LogP contribution in [-0.2, 0) is 11.3 Å². The van der Waals surface area contributed by atoms with Crippen molar-refractivity contribution in [3.05, 3.63) is 52.7 Å². The van der Waals surface area contributed by atoms with Crippen LogP contribution in [0.15, 0.2) is 24.4 Å². The van der Waals surface area contributed by atoms with Gasteiger partial charge in [-0.3, -0.25) is 9.89 Å². The number of pyridine rings is 1. The summed E-state index contributed by atoms with van der Waals surface area (Å²) >= 11 is 0. The highest BCUT2D eigenvalue weighted by Crippen LogP contribution is 2.32. The molecule has 1 atom stereocenters. The first-order valence-electron chi connectivity index (χ1n) is 7.38. The minimum absolute atomic E-state index is 0.0325. The standard InChI is InChI=1S/C16H17N5O/c1-9-4-3-5-21-15-11(12-6-10(2)19-20-12)7-14(22)17-8-13(15)18-16(9)21/h3-6,11H,7-8H2,1-2H3,(H,17,22)(H,19,20)/t11-/m0/s1. The Kier molecular flexibility index (Phi) is 2.79. The SMILES string of the molecule is Cc1cc([C@@H]2CC(=O)NCc3nc4c(C)cccn4c32)n[nH]1. The van der Waals surface area contributed by atoms with Gasteiger partial charge in [-0.2, -0.15) is 5.10 Å². The third-order valence-corrected chi connectivity index (χ3v) is 4.21. The number of carbonyl (C=O) groups excluding carboxylic acids is 1. The first-order valence-corrected chi connectivity index (χ1v) is 7.38. The van der Waals surface area contributed by atoms with Crippen molar-refractivity contribution in [2.45, 2.75) is 32.7 Å². The van der Waals surface area contributed by atoms with Crippen LogP contribution in [-0.4, -0.2) is 25.5 Å². The van der Waals surface area contributed by atoms with E-state index < -0.39 is 0 Å². The summed E-state index contributed by atoms with van der Waals surface area (Å²) < 4.78 is 2.10. The number of amides is 1. The van der Waals surface area contributed by atoms with Gasteiger partial charge in [-0.1, -0.05) is 6.07 Å². The molecule has 0 saturated carbocycles. The van der Waals surface area contributed by atoms with Crippen LogP contribution in [0.4, 0.5) is 0 Å². The molecule has 6 nitrogen and oxygen atoms in total. The van der Waals surface area contributed by atoms with Gasteiger partial charge in [-0.25, -0.2) is 4.98 Å². The third-order valence-electron chi connectivity index (χ3n) is 4.21. The van der Waals surface area contributed by atoms with Crippen molar-refractivity contribution in [1.29, 1.82) is 0 Å². The Morgan fingerprint density at radius 2 is 2.23 bits per heavy atom. The predicted octanol–water partition coefficient (Wildman–Crippen LogP) is 1.83. The summed E-state index contributed by atoms with van der Waals surface area (Å²) in [6.45, 7) is 4.48. The smallest absolute Gasteiger partial charge is 0.221 e. The van der Waals surface area contributed by atoms with E-state index in [1.54, 1.807) is 0 Å². The average molecular weight is 295 g/mol. The highest BCUT2D eigenvalue weighted by molar-refractivity contribution is 5.78. The monoisotopic (exact) mass is 295 g/mol. The number of aryl methyl sites for hydroxylation is 2. The molecule has 0 unspecified atom stereocenters. The summed E-state index contributed by atoms with van der Waals surface area (Å²) in [6.07, 6.45) is 2.40. The number of nitrogens with zero attached hydrogens (tertiary/aromatic N) is 3. The number of carbonyl (C=O) groups is 1. The Morgan fingerprint density at radius 3 is 3.00 bits per heavy atom. The van der Waals surface area contributed by atoms with Crippen molar-refractivity contribution in [3.63, 3.8) is 0 Å². The third kappa shape index (κ3) is 1.91. The van der Waals surface area contributed by atoms with E-state index in [-0.39, 0.29) is 11.8 Å². The minimum atomic E-state index is -0.0840. The zero-order valence-corrected chi connectivity index (χ0v) is 12.6. The number of H-pyrrole nitrogens is 1. The Morgan fingerprint density at radius 1 is 1.36 bits per heavy atom. The lowest BCUT2D eigenvalue weighted by molar-refractivity contribution is -0.121. The van der Waals surface area contributed by atoms with Crippen LogP contribution in [0.1, 0.15) is 40.7 Å². The molecule has 6 heteroatoms. The van der Waals surface area contributed by atoms with E-state index in [1.165, 1.54) is 0 Å². The lowest BCUT2D eigenvalue weighted by Crippen LogP contribution is -2.21. The molecule has 0 fully saturated rings. The number of nitrogens with one attached hydrogen (secondary N) is 2. The van der Waals surface area contributed by atoms with Gasteiger partial charge in [0.15, 0.2) is 0 Å². The number of hydrogen-bond acceptors (Lipinski definition) is 3. The molecule has 1 amide bonds. The molecule has 1 aliphatic rings. The second-order valence-corrected chi connectivity index (χ2v) is 5.84. The number of fused-ring (bicyclic) bond motifs is 3. The summed E-state index contributed by atoms with van der Waals surface area (Å²) in [5, 5.41) is 10.3. The Labute approximate surface area is 127 Å². The molecule has 2 N–H and O–H groups in total. The van der Waals surface area contributed by atoms with E-state index in [4.69, 9.17) is 4.98 Å².